The molecule has 2 atom stereocenters. The van der Waals surface area contributed by atoms with Gasteiger partial charge in [-0.3, -0.25) is 4.90 Å². The molecule has 0 aromatic heterocycles. The van der Waals surface area contributed by atoms with E-state index in [1.807, 2.05) is 18.7 Å². The van der Waals surface area contributed by atoms with Gasteiger partial charge in [-0.2, -0.15) is 11.8 Å². The third-order valence-corrected chi connectivity index (χ3v) is 6.12. The van der Waals surface area contributed by atoms with Gasteiger partial charge in [0, 0.05) is 43.0 Å². The molecule has 2 aliphatic heterocycles. The Balaban J connectivity index is 1.66. The van der Waals surface area contributed by atoms with Crippen LogP contribution in [-0.4, -0.2) is 54.8 Å². The van der Waals surface area contributed by atoms with E-state index >= 15 is 0 Å². The topological polar surface area (TPSA) is 24.5 Å². The predicted molar refractivity (Wildman–Crippen MR) is 89.8 cm³/mol. The fourth-order valence-electron chi connectivity index (χ4n) is 3.42. The van der Waals surface area contributed by atoms with E-state index in [1.165, 1.54) is 17.9 Å². The molecule has 3 rings (SSSR count). The summed E-state index contributed by atoms with van der Waals surface area (Å²) in [5.74, 6) is 1.23. The summed E-state index contributed by atoms with van der Waals surface area (Å²) < 4.78 is 32.3. The van der Waals surface area contributed by atoms with Crippen LogP contribution in [-0.2, 0) is 4.74 Å². The Morgan fingerprint density at radius 2 is 1.96 bits per heavy atom. The lowest BCUT2D eigenvalue weighted by Crippen LogP contribution is -2.58. The number of nitrogens with one attached hydrogen (secondary N) is 1. The number of morpholine rings is 1. The van der Waals surface area contributed by atoms with Crippen molar-refractivity contribution < 1.29 is 13.5 Å². The molecular weight excluding hydrogens is 318 g/mol. The monoisotopic (exact) mass is 342 g/mol. The normalized spacial score (nSPS) is 27.3. The van der Waals surface area contributed by atoms with Gasteiger partial charge in [0.2, 0.25) is 0 Å². The van der Waals surface area contributed by atoms with Crippen molar-refractivity contribution in [3.8, 4) is 0 Å². The van der Waals surface area contributed by atoms with Crippen molar-refractivity contribution >= 4 is 11.8 Å². The maximum Gasteiger partial charge on any atom is 0.126 e. The van der Waals surface area contributed by atoms with E-state index in [1.54, 1.807) is 0 Å². The second-order valence-electron chi connectivity index (χ2n) is 6.43. The number of hydrogen-bond donors (Lipinski definition) is 1. The van der Waals surface area contributed by atoms with Gasteiger partial charge in [-0.25, -0.2) is 8.78 Å². The fraction of sp³-hybridized carbons (Fsp3) is 0.647. The van der Waals surface area contributed by atoms with Crippen molar-refractivity contribution in [2.24, 2.45) is 0 Å². The molecule has 0 saturated carbocycles. The summed E-state index contributed by atoms with van der Waals surface area (Å²) in [5.41, 5.74) is 0.791. The maximum atomic E-state index is 13.4. The summed E-state index contributed by atoms with van der Waals surface area (Å²) in [6.45, 7) is 6.30. The van der Waals surface area contributed by atoms with Crippen molar-refractivity contribution in [1.29, 1.82) is 0 Å². The molecule has 128 valence electrons. The molecule has 0 bridgehead atoms. The SMILES string of the molecule is CC(NCC1(N2CCOCC2)CCSC1)c1cc(F)cc(F)c1. The Bertz CT molecular complexity index is 511. The molecule has 1 N–H and O–H groups in total. The van der Waals surface area contributed by atoms with Gasteiger partial charge in [0.05, 0.1) is 13.2 Å². The minimum atomic E-state index is -0.520. The number of thioether (sulfide) groups is 1. The predicted octanol–water partition coefficient (Wildman–Crippen LogP) is 2.82. The molecule has 23 heavy (non-hydrogen) atoms. The minimum Gasteiger partial charge on any atom is -0.379 e. The van der Waals surface area contributed by atoms with E-state index in [9.17, 15) is 8.78 Å². The molecule has 0 radical (unpaired) electrons. The van der Waals surface area contributed by atoms with E-state index in [0.717, 1.165) is 51.1 Å². The van der Waals surface area contributed by atoms with Crippen LogP contribution in [0.3, 0.4) is 0 Å². The molecule has 0 amide bonds. The van der Waals surface area contributed by atoms with Crippen molar-refractivity contribution in [2.75, 3.05) is 44.4 Å². The lowest BCUT2D eigenvalue weighted by Gasteiger charge is -2.43. The Hall–Kier alpha value is -0.690. The van der Waals surface area contributed by atoms with Crippen LogP contribution in [0.4, 0.5) is 8.78 Å². The molecule has 3 nitrogen and oxygen atoms in total. The second kappa shape index (κ2) is 7.47. The summed E-state index contributed by atoms with van der Waals surface area (Å²) in [6.07, 6.45) is 1.15. The summed E-state index contributed by atoms with van der Waals surface area (Å²) in [7, 11) is 0. The second-order valence-corrected chi connectivity index (χ2v) is 7.54. The first kappa shape index (κ1) is 17.1. The standard InChI is InChI=1S/C17H24F2N2OS/c1-13(14-8-15(18)10-16(19)9-14)20-11-17(2-7-23-12-17)21-3-5-22-6-4-21/h8-10,13,20H,2-7,11-12H2,1H3. The summed E-state index contributed by atoms with van der Waals surface area (Å²) in [5, 5.41) is 3.50. The average Bonchev–Trinajstić information content (AvgIpc) is 3.03. The van der Waals surface area contributed by atoms with Gasteiger partial charge in [0.15, 0.2) is 0 Å². The van der Waals surface area contributed by atoms with Gasteiger partial charge in [-0.1, -0.05) is 0 Å². The van der Waals surface area contributed by atoms with Gasteiger partial charge >= 0.3 is 0 Å². The highest BCUT2D eigenvalue weighted by molar-refractivity contribution is 7.99. The Kier molecular flexibility index (Phi) is 5.57. The van der Waals surface area contributed by atoms with Gasteiger partial charge in [-0.15, -0.1) is 0 Å². The van der Waals surface area contributed by atoms with Crippen molar-refractivity contribution in [2.45, 2.75) is 24.9 Å². The van der Waals surface area contributed by atoms with Crippen molar-refractivity contribution in [3.63, 3.8) is 0 Å². The molecule has 2 fully saturated rings. The zero-order valence-corrected chi connectivity index (χ0v) is 14.3. The highest BCUT2D eigenvalue weighted by atomic mass is 32.2. The Labute approximate surface area is 140 Å². The first-order valence-electron chi connectivity index (χ1n) is 8.19. The fourth-order valence-corrected chi connectivity index (χ4v) is 4.90. The van der Waals surface area contributed by atoms with Crippen LogP contribution in [0.25, 0.3) is 0 Å². The highest BCUT2D eigenvalue weighted by Crippen LogP contribution is 2.34. The number of nitrogens with zero attached hydrogens (tertiary/aromatic N) is 1. The van der Waals surface area contributed by atoms with E-state index in [0.29, 0.717) is 5.56 Å². The molecule has 1 aromatic carbocycles. The first-order valence-corrected chi connectivity index (χ1v) is 9.34. The van der Waals surface area contributed by atoms with Crippen LogP contribution in [0.2, 0.25) is 0 Å². The number of benzene rings is 1. The number of rotatable bonds is 5. The van der Waals surface area contributed by atoms with Crippen LogP contribution in [0.15, 0.2) is 18.2 Å². The Morgan fingerprint density at radius 3 is 2.57 bits per heavy atom. The zero-order valence-electron chi connectivity index (χ0n) is 13.5. The highest BCUT2D eigenvalue weighted by Gasteiger charge is 2.40. The molecule has 0 aliphatic carbocycles. The van der Waals surface area contributed by atoms with Crippen LogP contribution < -0.4 is 5.32 Å². The largest absolute Gasteiger partial charge is 0.379 e. The smallest absolute Gasteiger partial charge is 0.126 e. The summed E-state index contributed by atoms with van der Waals surface area (Å²) in [4.78, 5) is 2.53. The summed E-state index contributed by atoms with van der Waals surface area (Å²) in [6, 6.07) is 3.65. The van der Waals surface area contributed by atoms with Gasteiger partial charge in [-0.05, 0) is 36.8 Å². The van der Waals surface area contributed by atoms with Crippen LogP contribution in [0.5, 0.6) is 0 Å². The molecule has 2 saturated heterocycles. The zero-order chi connectivity index (χ0) is 16.3. The van der Waals surface area contributed by atoms with E-state index < -0.39 is 11.6 Å². The third-order valence-electron chi connectivity index (χ3n) is 4.89. The number of ether oxygens (including phenoxy) is 1. The van der Waals surface area contributed by atoms with Gasteiger partial charge in [0.1, 0.15) is 11.6 Å². The van der Waals surface area contributed by atoms with Gasteiger partial charge < -0.3 is 10.1 Å². The number of hydrogen-bond acceptors (Lipinski definition) is 4. The van der Waals surface area contributed by atoms with E-state index in [2.05, 4.69) is 10.2 Å². The van der Waals surface area contributed by atoms with Crippen molar-refractivity contribution in [3.05, 3.63) is 35.4 Å². The quantitative estimate of drug-likeness (QED) is 0.889. The van der Waals surface area contributed by atoms with E-state index in [-0.39, 0.29) is 11.6 Å². The molecule has 2 aliphatic rings. The van der Waals surface area contributed by atoms with Crippen LogP contribution in [0, 0.1) is 11.6 Å². The number of halogens is 2. The molecule has 2 heterocycles. The lowest BCUT2D eigenvalue weighted by atomic mass is 9.94. The average molecular weight is 342 g/mol. The molecule has 6 heteroatoms. The third kappa shape index (κ3) is 4.05. The van der Waals surface area contributed by atoms with Gasteiger partial charge in [0.25, 0.3) is 0 Å². The molecular formula is C17H24F2N2OS. The van der Waals surface area contributed by atoms with E-state index in [4.69, 9.17) is 4.74 Å². The van der Waals surface area contributed by atoms with Crippen LogP contribution >= 0.6 is 11.8 Å². The van der Waals surface area contributed by atoms with Crippen LogP contribution in [0.1, 0.15) is 24.9 Å². The lowest BCUT2D eigenvalue weighted by molar-refractivity contribution is -0.0139. The minimum absolute atomic E-state index is 0.0799. The molecule has 0 spiro atoms. The first-order chi connectivity index (χ1) is 11.1. The van der Waals surface area contributed by atoms with Crippen molar-refractivity contribution in [1.82, 2.24) is 10.2 Å². The maximum absolute atomic E-state index is 13.4. The Morgan fingerprint density at radius 1 is 1.26 bits per heavy atom. The molecule has 2 unspecified atom stereocenters. The molecule has 1 aromatic rings. The summed E-state index contributed by atoms with van der Waals surface area (Å²) >= 11 is 1.98.